The topological polar surface area (TPSA) is 98.1 Å². The maximum atomic E-state index is 11.6. The average Bonchev–Trinajstić information content (AvgIpc) is 2.75. The van der Waals surface area contributed by atoms with Crippen LogP contribution in [-0.4, -0.2) is 26.5 Å². The van der Waals surface area contributed by atoms with Crippen LogP contribution >= 0.6 is 0 Å². The smallest absolute Gasteiger partial charge is 0.306 e. The summed E-state index contributed by atoms with van der Waals surface area (Å²) < 4.78 is 5.21. The van der Waals surface area contributed by atoms with Crippen molar-refractivity contribution in [3.63, 3.8) is 0 Å². The number of H-pyrrole nitrogens is 1. The zero-order valence-electron chi connectivity index (χ0n) is 12.2. The van der Waals surface area contributed by atoms with Crippen molar-refractivity contribution < 1.29 is 14.5 Å². The molecule has 0 amide bonds. The Morgan fingerprint density at radius 1 is 1.43 bits per heavy atom. The number of aryl methyl sites for hydroxylation is 1. The maximum Gasteiger partial charge on any atom is 0.306 e. The molecule has 0 aliphatic rings. The van der Waals surface area contributed by atoms with Crippen LogP contribution in [0.1, 0.15) is 33.0 Å². The fraction of sp³-hybridized carbons (Fsp3) is 0.429. The van der Waals surface area contributed by atoms with Gasteiger partial charge >= 0.3 is 5.97 Å². The van der Waals surface area contributed by atoms with Crippen LogP contribution < -0.4 is 0 Å². The molecule has 0 unspecified atom stereocenters. The van der Waals surface area contributed by atoms with Crippen LogP contribution in [0, 0.1) is 10.1 Å². The summed E-state index contributed by atoms with van der Waals surface area (Å²) >= 11 is 0. The van der Waals surface area contributed by atoms with E-state index in [1.165, 1.54) is 12.1 Å². The zero-order valence-corrected chi connectivity index (χ0v) is 12.2. The van der Waals surface area contributed by atoms with Crippen LogP contribution in [0.3, 0.4) is 0 Å². The molecule has 112 valence electrons. The standard InChI is InChI=1S/C14H17N3O4/c1-14(2,3)21-13(18)7-6-12-15-10-5-4-9(17(19)20)8-11(10)16-12/h4-5,8H,6-7H2,1-3H3,(H,15,16). The third kappa shape index (κ3) is 4.01. The van der Waals surface area contributed by atoms with Crippen molar-refractivity contribution in [1.82, 2.24) is 9.97 Å². The van der Waals surface area contributed by atoms with E-state index < -0.39 is 10.5 Å². The van der Waals surface area contributed by atoms with Gasteiger partial charge in [-0.25, -0.2) is 4.98 Å². The lowest BCUT2D eigenvalue weighted by molar-refractivity contribution is -0.384. The molecule has 1 aromatic heterocycles. The van der Waals surface area contributed by atoms with Gasteiger partial charge in [-0.05, 0) is 26.8 Å². The summed E-state index contributed by atoms with van der Waals surface area (Å²) in [5.41, 5.74) is 0.721. The Balaban J connectivity index is 2.06. The molecule has 1 N–H and O–H groups in total. The highest BCUT2D eigenvalue weighted by molar-refractivity contribution is 5.78. The molecule has 0 bridgehead atoms. The van der Waals surface area contributed by atoms with Crippen molar-refractivity contribution in [2.75, 3.05) is 0 Å². The number of nitro groups is 1. The lowest BCUT2D eigenvalue weighted by Crippen LogP contribution is -2.24. The number of aromatic amines is 1. The second-order valence-corrected chi connectivity index (χ2v) is 5.73. The molecule has 0 saturated heterocycles. The van der Waals surface area contributed by atoms with Gasteiger partial charge in [0.25, 0.3) is 5.69 Å². The van der Waals surface area contributed by atoms with E-state index in [0.717, 1.165) is 0 Å². The van der Waals surface area contributed by atoms with Gasteiger partial charge < -0.3 is 9.72 Å². The second-order valence-electron chi connectivity index (χ2n) is 5.73. The molecular weight excluding hydrogens is 274 g/mol. The fourth-order valence-electron chi connectivity index (χ4n) is 1.90. The number of hydrogen-bond acceptors (Lipinski definition) is 5. The van der Waals surface area contributed by atoms with Gasteiger partial charge in [-0.1, -0.05) is 0 Å². The average molecular weight is 291 g/mol. The molecule has 1 heterocycles. The zero-order chi connectivity index (χ0) is 15.6. The predicted octanol–water partition coefficient (Wildman–Crippen LogP) is 2.75. The van der Waals surface area contributed by atoms with Gasteiger partial charge in [-0.15, -0.1) is 0 Å². The Bertz CT molecular complexity index is 685. The predicted molar refractivity (Wildman–Crippen MR) is 76.9 cm³/mol. The van der Waals surface area contributed by atoms with Crippen LogP contribution in [0.15, 0.2) is 18.2 Å². The van der Waals surface area contributed by atoms with E-state index in [4.69, 9.17) is 4.74 Å². The second kappa shape index (κ2) is 5.51. The van der Waals surface area contributed by atoms with E-state index in [0.29, 0.717) is 23.3 Å². The van der Waals surface area contributed by atoms with E-state index in [-0.39, 0.29) is 18.1 Å². The Morgan fingerprint density at radius 2 is 2.14 bits per heavy atom. The molecule has 21 heavy (non-hydrogen) atoms. The number of benzene rings is 1. The minimum atomic E-state index is -0.508. The largest absolute Gasteiger partial charge is 0.460 e. The lowest BCUT2D eigenvalue weighted by atomic mass is 10.2. The number of nitrogens with zero attached hydrogens (tertiary/aromatic N) is 2. The Morgan fingerprint density at radius 3 is 2.76 bits per heavy atom. The molecule has 2 rings (SSSR count). The molecule has 2 aromatic rings. The van der Waals surface area contributed by atoms with Gasteiger partial charge in [-0.3, -0.25) is 14.9 Å². The molecule has 0 atom stereocenters. The first-order valence-electron chi connectivity index (χ1n) is 6.59. The van der Waals surface area contributed by atoms with Gasteiger partial charge in [0.15, 0.2) is 0 Å². The first-order valence-corrected chi connectivity index (χ1v) is 6.59. The SMILES string of the molecule is CC(C)(C)OC(=O)CCc1nc2ccc([N+](=O)[O-])cc2[nH]1. The van der Waals surface area contributed by atoms with Crippen LogP contribution in [0.25, 0.3) is 11.0 Å². The summed E-state index contributed by atoms with van der Waals surface area (Å²) in [4.78, 5) is 29.2. The van der Waals surface area contributed by atoms with Gasteiger partial charge in [0, 0.05) is 18.6 Å². The first-order chi connectivity index (χ1) is 9.74. The number of ether oxygens (including phenoxy) is 1. The molecular formula is C14H17N3O4. The Kier molecular flexibility index (Phi) is 3.93. The van der Waals surface area contributed by atoms with Crippen molar-refractivity contribution in [3.05, 3.63) is 34.1 Å². The number of fused-ring (bicyclic) bond motifs is 1. The number of hydrogen-bond donors (Lipinski definition) is 1. The van der Waals surface area contributed by atoms with E-state index in [2.05, 4.69) is 9.97 Å². The van der Waals surface area contributed by atoms with E-state index in [9.17, 15) is 14.9 Å². The van der Waals surface area contributed by atoms with Crippen molar-refractivity contribution in [1.29, 1.82) is 0 Å². The number of aromatic nitrogens is 2. The van der Waals surface area contributed by atoms with Crippen molar-refractivity contribution >= 4 is 22.7 Å². The van der Waals surface area contributed by atoms with Crippen LogP contribution in [-0.2, 0) is 16.0 Å². The highest BCUT2D eigenvalue weighted by atomic mass is 16.6. The quantitative estimate of drug-likeness (QED) is 0.530. The summed E-state index contributed by atoms with van der Waals surface area (Å²) in [6, 6.07) is 4.42. The number of imidazole rings is 1. The Hall–Kier alpha value is -2.44. The molecule has 0 aliphatic heterocycles. The molecule has 0 fully saturated rings. The monoisotopic (exact) mass is 291 g/mol. The highest BCUT2D eigenvalue weighted by Gasteiger charge is 2.17. The fourth-order valence-corrected chi connectivity index (χ4v) is 1.90. The molecule has 7 nitrogen and oxygen atoms in total. The van der Waals surface area contributed by atoms with Crippen molar-refractivity contribution in [2.24, 2.45) is 0 Å². The number of nitro benzene ring substituents is 1. The van der Waals surface area contributed by atoms with E-state index >= 15 is 0 Å². The number of carbonyl (C=O) groups is 1. The number of non-ortho nitro benzene ring substituents is 1. The first kappa shape index (κ1) is 15.0. The molecule has 0 radical (unpaired) electrons. The highest BCUT2D eigenvalue weighted by Crippen LogP contribution is 2.19. The molecule has 0 spiro atoms. The minimum Gasteiger partial charge on any atom is -0.460 e. The lowest BCUT2D eigenvalue weighted by Gasteiger charge is -2.19. The van der Waals surface area contributed by atoms with Gasteiger partial charge in [0.2, 0.25) is 0 Å². The summed E-state index contributed by atoms with van der Waals surface area (Å²) in [5.74, 6) is 0.310. The van der Waals surface area contributed by atoms with Crippen LogP contribution in [0.2, 0.25) is 0 Å². The van der Waals surface area contributed by atoms with Gasteiger partial charge in [-0.2, -0.15) is 0 Å². The summed E-state index contributed by atoms with van der Waals surface area (Å²) in [6.45, 7) is 5.43. The maximum absolute atomic E-state index is 11.6. The Labute approximate surface area is 121 Å². The van der Waals surface area contributed by atoms with Crippen LogP contribution in [0.4, 0.5) is 5.69 Å². The molecule has 1 aromatic carbocycles. The third-order valence-electron chi connectivity index (χ3n) is 2.71. The third-order valence-corrected chi connectivity index (χ3v) is 2.71. The van der Waals surface area contributed by atoms with Gasteiger partial charge in [0.05, 0.1) is 22.4 Å². The van der Waals surface area contributed by atoms with Crippen molar-refractivity contribution in [3.8, 4) is 0 Å². The molecule has 7 heteroatoms. The normalized spacial score (nSPS) is 11.6. The van der Waals surface area contributed by atoms with Gasteiger partial charge in [0.1, 0.15) is 11.4 Å². The summed E-state index contributed by atoms with van der Waals surface area (Å²) in [7, 11) is 0. The number of nitrogens with one attached hydrogen (secondary N) is 1. The summed E-state index contributed by atoms with van der Waals surface area (Å²) in [6.07, 6.45) is 0.608. The number of carbonyl (C=O) groups excluding carboxylic acids is 1. The minimum absolute atomic E-state index is 0.00448. The number of esters is 1. The van der Waals surface area contributed by atoms with E-state index in [1.54, 1.807) is 6.07 Å². The summed E-state index contributed by atoms with van der Waals surface area (Å²) in [5, 5.41) is 10.7. The van der Waals surface area contributed by atoms with Crippen LogP contribution in [0.5, 0.6) is 0 Å². The number of rotatable bonds is 4. The molecule has 0 aliphatic carbocycles. The van der Waals surface area contributed by atoms with E-state index in [1.807, 2.05) is 20.8 Å². The van der Waals surface area contributed by atoms with Crippen molar-refractivity contribution in [2.45, 2.75) is 39.2 Å². The molecule has 0 saturated carbocycles.